The van der Waals surface area contributed by atoms with Crippen molar-refractivity contribution in [3.05, 3.63) is 24.3 Å². The minimum atomic E-state index is -0.560. The van der Waals surface area contributed by atoms with Crippen LogP contribution in [0.2, 0.25) is 0 Å². The molecule has 0 saturated carbocycles. The monoisotopic (exact) mass is 263 g/mol. The van der Waals surface area contributed by atoms with Gasteiger partial charge in [0, 0.05) is 13.6 Å². The Morgan fingerprint density at radius 3 is 2.68 bits per heavy atom. The molecule has 1 unspecified atom stereocenters. The zero-order valence-corrected chi connectivity index (χ0v) is 11.6. The van der Waals surface area contributed by atoms with Crippen molar-refractivity contribution in [2.45, 2.75) is 25.4 Å². The van der Waals surface area contributed by atoms with Crippen LogP contribution in [-0.2, 0) is 4.79 Å². The number of hydrogen-bond acceptors (Lipinski definition) is 4. The van der Waals surface area contributed by atoms with E-state index in [9.17, 15) is 9.90 Å². The standard InChI is InChI=1S/C14H21N3O2/c1-14(2,9-18)17(3)13(19)12-8-15-10-6-4-5-7-11(10)16-12/h4-7,12,15-16,18H,8-9H2,1-3H3. The van der Waals surface area contributed by atoms with E-state index >= 15 is 0 Å². The Kier molecular flexibility index (Phi) is 3.66. The largest absolute Gasteiger partial charge is 0.394 e. The third kappa shape index (κ3) is 2.66. The summed E-state index contributed by atoms with van der Waals surface area (Å²) in [6.07, 6.45) is 0. The number of aliphatic hydroxyl groups excluding tert-OH is 1. The van der Waals surface area contributed by atoms with Crippen LogP contribution in [0.1, 0.15) is 13.8 Å². The SMILES string of the molecule is CN(C(=O)C1CNc2ccccc2N1)C(C)(C)CO. The quantitative estimate of drug-likeness (QED) is 0.764. The number of aliphatic hydroxyl groups is 1. The molecule has 1 atom stereocenters. The molecule has 3 N–H and O–H groups in total. The Morgan fingerprint density at radius 1 is 1.42 bits per heavy atom. The topological polar surface area (TPSA) is 64.6 Å². The van der Waals surface area contributed by atoms with Gasteiger partial charge in [-0.15, -0.1) is 0 Å². The molecule has 1 heterocycles. The lowest BCUT2D eigenvalue weighted by molar-refractivity contribution is -0.136. The molecule has 0 saturated heterocycles. The Morgan fingerprint density at radius 2 is 2.05 bits per heavy atom. The molecule has 1 aromatic rings. The van der Waals surface area contributed by atoms with Crippen LogP contribution >= 0.6 is 0 Å². The molecule has 19 heavy (non-hydrogen) atoms. The van der Waals surface area contributed by atoms with Crippen molar-refractivity contribution < 1.29 is 9.90 Å². The normalized spacial score (nSPS) is 18.0. The zero-order chi connectivity index (χ0) is 14.0. The van der Waals surface area contributed by atoms with Crippen molar-refractivity contribution in [3.8, 4) is 0 Å². The lowest BCUT2D eigenvalue weighted by Crippen LogP contribution is -2.55. The van der Waals surface area contributed by atoms with Crippen LogP contribution in [0.5, 0.6) is 0 Å². The number of fused-ring (bicyclic) bond motifs is 1. The molecule has 2 rings (SSSR count). The van der Waals surface area contributed by atoms with Crippen molar-refractivity contribution in [2.24, 2.45) is 0 Å². The first-order valence-corrected chi connectivity index (χ1v) is 6.43. The molecule has 0 spiro atoms. The van der Waals surface area contributed by atoms with E-state index in [0.29, 0.717) is 6.54 Å². The van der Waals surface area contributed by atoms with Gasteiger partial charge in [0.15, 0.2) is 0 Å². The average molecular weight is 263 g/mol. The first-order chi connectivity index (χ1) is 8.95. The van der Waals surface area contributed by atoms with Gasteiger partial charge in [0.1, 0.15) is 6.04 Å². The molecule has 0 aromatic heterocycles. The summed E-state index contributed by atoms with van der Waals surface area (Å²) in [7, 11) is 1.72. The average Bonchev–Trinajstić information content (AvgIpc) is 2.45. The van der Waals surface area contributed by atoms with E-state index in [1.807, 2.05) is 38.1 Å². The molecule has 104 valence electrons. The molecule has 0 radical (unpaired) electrons. The maximum atomic E-state index is 12.4. The van der Waals surface area contributed by atoms with Crippen LogP contribution in [0.3, 0.4) is 0 Å². The zero-order valence-electron chi connectivity index (χ0n) is 11.6. The minimum absolute atomic E-state index is 0.0268. The number of nitrogens with zero attached hydrogens (tertiary/aromatic N) is 1. The highest BCUT2D eigenvalue weighted by atomic mass is 16.3. The molecule has 1 aliphatic heterocycles. The van der Waals surface area contributed by atoms with Gasteiger partial charge < -0.3 is 20.6 Å². The van der Waals surface area contributed by atoms with E-state index in [0.717, 1.165) is 11.4 Å². The lowest BCUT2D eigenvalue weighted by atomic mass is 10.0. The van der Waals surface area contributed by atoms with E-state index in [1.54, 1.807) is 11.9 Å². The highest BCUT2D eigenvalue weighted by Crippen LogP contribution is 2.26. The molecular weight excluding hydrogens is 242 g/mol. The fourth-order valence-electron chi connectivity index (χ4n) is 2.00. The minimum Gasteiger partial charge on any atom is -0.394 e. The number of carbonyl (C=O) groups excluding carboxylic acids is 1. The summed E-state index contributed by atoms with van der Waals surface area (Å²) < 4.78 is 0. The van der Waals surface area contributed by atoms with Crippen LogP contribution in [0.4, 0.5) is 11.4 Å². The van der Waals surface area contributed by atoms with Gasteiger partial charge in [-0.25, -0.2) is 0 Å². The Labute approximate surface area is 113 Å². The third-order valence-corrected chi connectivity index (χ3v) is 3.68. The number of para-hydroxylation sites is 2. The van der Waals surface area contributed by atoms with Gasteiger partial charge in [0.05, 0.1) is 23.5 Å². The van der Waals surface area contributed by atoms with E-state index in [4.69, 9.17) is 0 Å². The summed E-state index contributed by atoms with van der Waals surface area (Å²) in [6.45, 7) is 4.16. The van der Waals surface area contributed by atoms with Gasteiger partial charge in [0.25, 0.3) is 0 Å². The first kappa shape index (κ1) is 13.7. The maximum absolute atomic E-state index is 12.4. The molecule has 1 aromatic carbocycles. The van der Waals surface area contributed by atoms with Gasteiger partial charge in [0.2, 0.25) is 5.91 Å². The summed E-state index contributed by atoms with van der Waals surface area (Å²) in [5.74, 6) is -0.0268. The number of likely N-dealkylation sites (N-methyl/N-ethyl adjacent to an activating group) is 1. The fourth-order valence-corrected chi connectivity index (χ4v) is 2.00. The molecule has 1 aliphatic rings. The molecule has 0 aliphatic carbocycles. The number of amides is 1. The number of rotatable bonds is 3. The van der Waals surface area contributed by atoms with Crippen LogP contribution in [0.25, 0.3) is 0 Å². The number of benzene rings is 1. The smallest absolute Gasteiger partial charge is 0.247 e. The molecule has 1 amide bonds. The molecule has 0 fully saturated rings. The van der Waals surface area contributed by atoms with Crippen molar-refractivity contribution >= 4 is 17.3 Å². The second-order valence-electron chi connectivity index (χ2n) is 5.49. The summed E-state index contributed by atoms with van der Waals surface area (Å²) >= 11 is 0. The summed E-state index contributed by atoms with van der Waals surface area (Å²) in [5, 5.41) is 15.8. The molecule has 5 heteroatoms. The molecule has 0 bridgehead atoms. The summed E-state index contributed by atoms with van der Waals surface area (Å²) in [5.41, 5.74) is 1.38. The number of anilines is 2. The van der Waals surface area contributed by atoms with E-state index in [1.165, 1.54) is 0 Å². The van der Waals surface area contributed by atoms with Gasteiger partial charge in [-0.3, -0.25) is 4.79 Å². The highest BCUT2D eigenvalue weighted by Gasteiger charge is 2.33. The van der Waals surface area contributed by atoms with E-state index in [-0.39, 0.29) is 18.6 Å². The van der Waals surface area contributed by atoms with Crippen molar-refractivity contribution in [1.29, 1.82) is 0 Å². The molecular formula is C14H21N3O2. The second kappa shape index (κ2) is 5.09. The highest BCUT2D eigenvalue weighted by molar-refractivity contribution is 5.89. The Balaban J connectivity index is 2.11. The van der Waals surface area contributed by atoms with Gasteiger partial charge in [-0.05, 0) is 26.0 Å². The number of hydrogen-bond donors (Lipinski definition) is 3. The van der Waals surface area contributed by atoms with Gasteiger partial charge in [-0.1, -0.05) is 12.1 Å². The van der Waals surface area contributed by atoms with Crippen LogP contribution in [0, 0.1) is 0 Å². The lowest BCUT2D eigenvalue weighted by Gasteiger charge is -2.38. The van der Waals surface area contributed by atoms with Crippen molar-refractivity contribution in [1.82, 2.24) is 4.90 Å². The van der Waals surface area contributed by atoms with E-state index < -0.39 is 5.54 Å². The number of carbonyl (C=O) groups is 1. The summed E-state index contributed by atoms with van der Waals surface area (Å²) in [4.78, 5) is 14.0. The van der Waals surface area contributed by atoms with Crippen molar-refractivity contribution in [2.75, 3.05) is 30.8 Å². The van der Waals surface area contributed by atoms with E-state index in [2.05, 4.69) is 10.6 Å². The first-order valence-electron chi connectivity index (χ1n) is 6.43. The van der Waals surface area contributed by atoms with Crippen molar-refractivity contribution in [3.63, 3.8) is 0 Å². The maximum Gasteiger partial charge on any atom is 0.247 e. The predicted octanol–water partition coefficient (Wildman–Crippen LogP) is 1.12. The number of nitrogens with one attached hydrogen (secondary N) is 2. The fraction of sp³-hybridized carbons (Fsp3) is 0.500. The van der Waals surface area contributed by atoms with Crippen LogP contribution in [-0.4, -0.2) is 47.7 Å². The third-order valence-electron chi connectivity index (χ3n) is 3.68. The van der Waals surface area contributed by atoms with Gasteiger partial charge >= 0.3 is 0 Å². The van der Waals surface area contributed by atoms with Gasteiger partial charge in [-0.2, -0.15) is 0 Å². The predicted molar refractivity (Wildman–Crippen MR) is 76.3 cm³/mol. The summed E-state index contributed by atoms with van der Waals surface area (Å²) in [6, 6.07) is 7.49. The Bertz CT molecular complexity index is 474. The Hall–Kier alpha value is -1.75. The van der Waals surface area contributed by atoms with Crippen LogP contribution < -0.4 is 10.6 Å². The molecule has 5 nitrogen and oxygen atoms in total. The second-order valence-corrected chi connectivity index (χ2v) is 5.49. The van der Waals surface area contributed by atoms with Crippen LogP contribution in [0.15, 0.2) is 24.3 Å².